The van der Waals surface area contributed by atoms with Crippen molar-refractivity contribution in [3.8, 4) is 17.2 Å². The van der Waals surface area contributed by atoms with E-state index in [9.17, 15) is 0 Å². The van der Waals surface area contributed by atoms with Gasteiger partial charge in [-0.1, -0.05) is 48.5 Å². The number of benzene rings is 4. The van der Waals surface area contributed by atoms with E-state index >= 15 is 0 Å². The molecule has 0 bridgehead atoms. The summed E-state index contributed by atoms with van der Waals surface area (Å²) >= 11 is 0. The van der Waals surface area contributed by atoms with E-state index < -0.39 is 0 Å². The minimum absolute atomic E-state index is 0.684. The van der Waals surface area contributed by atoms with Crippen molar-refractivity contribution in [2.45, 2.75) is 6.54 Å². The van der Waals surface area contributed by atoms with Crippen LogP contribution in [0, 0.1) is 0 Å². The monoisotopic (exact) mass is 355 g/mol. The first-order valence-corrected chi connectivity index (χ1v) is 8.95. The van der Waals surface area contributed by atoms with Gasteiger partial charge >= 0.3 is 0 Å². The van der Waals surface area contributed by atoms with E-state index in [1.807, 2.05) is 60.7 Å². The predicted molar refractivity (Wildman–Crippen MR) is 111 cm³/mol. The van der Waals surface area contributed by atoms with Crippen LogP contribution < -0.4 is 14.8 Å². The maximum Gasteiger partial charge on any atom is 0.127 e. The molecule has 3 nitrogen and oxygen atoms in total. The lowest BCUT2D eigenvalue weighted by Crippen LogP contribution is -2.02. The van der Waals surface area contributed by atoms with Gasteiger partial charge in [-0.2, -0.15) is 0 Å². The van der Waals surface area contributed by atoms with Crippen molar-refractivity contribution in [3.63, 3.8) is 0 Å². The van der Waals surface area contributed by atoms with Gasteiger partial charge in [0.05, 0.1) is 7.11 Å². The topological polar surface area (TPSA) is 30.5 Å². The Kier molecular flexibility index (Phi) is 4.93. The van der Waals surface area contributed by atoms with E-state index in [1.54, 1.807) is 7.11 Å². The summed E-state index contributed by atoms with van der Waals surface area (Å²) in [5, 5.41) is 5.90. The maximum absolute atomic E-state index is 5.84. The first-order chi connectivity index (χ1) is 13.3. The molecule has 4 aromatic rings. The standard InChI is InChI=1S/C24H21NO2/c1-26-24-16-11-18-7-5-6-10-22(18)23(24)17-25-19-12-14-21(15-13-19)27-20-8-3-2-4-9-20/h2-16,25H,17H2,1H3. The van der Waals surface area contributed by atoms with Gasteiger partial charge < -0.3 is 14.8 Å². The van der Waals surface area contributed by atoms with Crippen LogP contribution in [0.5, 0.6) is 17.2 Å². The number of nitrogens with one attached hydrogen (secondary N) is 1. The third-order valence-corrected chi connectivity index (χ3v) is 4.52. The number of ether oxygens (including phenoxy) is 2. The normalized spacial score (nSPS) is 10.6. The Morgan fingerprint density at radius 1 is 0.704 bits per heavy atom. The molecular formula is C24H21NO2. The molecule has 0 aliphatic heterocycles. The fourth-order valence-corrected chi connectivity index (χ4v) is 3.15. The molecule has 0 atom stereocenters. The molecule has 0 aliphatic rings. The molecule has 0 radical (unpaired) electrons. The predicted octanol–water partition coefficient (Wildman–Crippen LogP) is 6.25. The molecule has 0 unspecified atom stereocenters. The fourth-order valence-electron chi connectivity index (χ4n) is 3.15. The van der Waals surface area contributed by atoms with Crippen LogP contribution in [0.1, 0.15) is 5.56 Å². The molecule has 0 saturated heterocycles. The molecule has 0 heterocycles. The molecule has 134 valence electrons. The average Bonchev–Trinajstić information content (AvgIpc) is 2.73. The number of hydrogen-bond acceptors (Lipinski definition) is 3. The van der Waals surface area contributed by atoms with Crippen LogP contribution in [-0.4, -0.2) is 7.11 Å². The Labute approximate surface area is 159 Å². The van der Waals surface area contributed by atoms with Crippen molar-refractivity contribution in [1.29, 1.82) is 0 Å². The van der Waals surface area contributed by atoms with E-state index in [-0.39, 0.29) is 0 Å². The number of anilines is 1. The van der Waals surface area contributed by atoms with E-state index in [0.29, 0.717) is 6.54 Å². The highest BCUT2D eigenvalue weighted by atomic mass is 16.5. The molecule has 1 N–H and O–H groups in total. The van der Waals surface area contributed by atoms with Gasteiger partial charge in [0.15, 0.2) is 0 Å². The lowest BCUT2D eigenvalue weighted by atomic mass is 10.0. The summed E-state index contributed by atoms with van der Waals surface area (Å²) in [5.41, 5.74) is 2.19. The summed E-state index contributed by atoms with van der Waals surface area (Å²) < 4.78 is 11.4. The first-order valence-electron chi connectivity index (χ1n) is 8.95. The summed E-state index contributed by atoms with van der Waals surface area (Å²) in [4.78, 5) is 0. The van der Waals surface area contributed by atoms with Crippen LogP contribution in [-0.2, 0) is 6.54 Å². The minimum Gasteiger partial charge on any atom is -0.496 e. The van der Waals surface area contributed by atoms with Crippen LogP contribution in [0.25, 0.3) is 10.8 Å². The zero-order chi connectivity index (χ0) is 18.5. The molecule has 0 aliphatic carbocycles. The fraction of sp³-hybridized carbons (Fsp3) is 0.0833. The number of para-hydroxylation sites is 1. The number of rotatable bonds is 6. The average molecular weight is 355 g/mol. The second-order valence-electron chi connectivity index (χ2n) is 6.26. The highest BCUT2D eigenvalue weighted by Gasteiger charge is 2.08. The second kappa shape index (κ2) is 7.83. The van der Waals surface area contributed by atoms with E-state index in [1.165, 1.54) is 10.8 Å². The highest BCUT2D eigenvalue weighted by molar-refractivity contribution is 5.88. The summed E-state index contributed by atoms with van der Waals surface area (Å²) in [6, 6.07) is 30.2. The molecule has 3 heteroatoms. The smallest absolute Gasteiger partial charge is 0.127 e. The SMILES string of the molecule is COc1ccc2ccccc2c1CNc1ccc(Oc2ccccc2)cc1. The summed E-state index contributed by atoms with van der Waals surface area (Å²) in [6.07, 6.45) is 0. The maximum atomic E-state index is 5.84. The first kappa shape index (κ1) is 17.0. The van der Waals surface area contributed by atoms with E-state index in [0.717, 1.165) is 28.5 Å². The lowest BCUT2D eigenvalue weighted by Gasteiger charge is -2.14. The second-order valence-corrected chi connectivity index (χ2v) is 6.26. The minimum atomic E-state index is 0.684. The van der Waals surface area contributed by atoms with Gasteiger partial charge in [0.2, 0.25) is 0 Å². The molecule has 0 fully saturated rings. The largest absolute Gasteiger partial charge is 0.496 e. The molecular weight excluding hydrogens is 334 g/mol. The van der Waals surface area contributed by atoms with Gasteiger partial charge in [-0.05, 0) is 53.2 Å². The number of fused-ring (bicyclic) bond motifs is 1. The number of methoxy groups -OCH3 is 1. The molecule has 0 spiro atoms. The van der Waals surface area contributed by atoms with Crippen molar-refractivity contribution in [2.24, 2.45) is 0 Å². The van der Waals surface area contributed by atoms with Gasteiger partial charge in [0.1, 0.15) is 17.2 Å². The van der Waals surface area contributed by atoms with Crippen molar-refractivity contribution < 1.29 is 9.47 Å². The van der Waals surface area contributed by atoms with Gasteiger partial charge in [-0.3, -0.25) is 0 Å². The van der Waals surface area contributed by atoms with Crippen molar-refractivity contribution in [3.05, 3.63) is 96.6 Å². The summed E-state index contributed by atoms with van der Waals surface area (Å²) in [5.74, 6) is 2.54. The molecule has 27 heavy (non-hydrogen) atoms. The van der Waals surface area contributed by atoms with E-state index in [2.05, 4.69) is 35.6 Å². The molecule has 4 aromatic carbocycles. The van der Waals surface area contributed by atoms with Gasteiger partial charge in [0, 0.05) is 17.8 Å². The van der Waals surface area contributed by atoms with E-state index in [4.69, 9.17) is 9.47 Å². The van der Waals surface area contributed by atoms with Crippen LogP contribution in [0.2, 0.25) is 0 Å². The third kappa shape index (κ3) is 3.87. The highest BCUT2D eigenvalue weighted by Crippen LogP contribution is 2.29. The molecule has 0 aromatic heterocycles. The third-order valence-electron chi connectivity index (χ3n) is 4.52. The molecule has 0 amide bonds. The van der Waals surface area contributed by atoms with Gasteiger partial charge in [-0.15, -0.1) is 0 Å². The quantitative estimate of drug-likeness (QED) is 0.443. The van der Waals surface area contributed by atoms with Gasteiger partial charge in [0.25, 0.3) is 0 Å². The van der Waals surface area contributed by atoms with Crippen molar-refractivity contribution in [1.82, 2.24) is 0 Å². The molecule has 4 rings (SSSR count). The Hall–Kier alpha value is -3.46. The Morgan fingerprint density at radius 3 is 2.19 bits per heavy atom. The zero-order valence-corrected chi connectivity index (χ0v) is 15.2. The van der Waals surface area contributed by atoms with Crippen molar-refractivity contribution >= 4 is 16.5 Å². The van der Waals surface area contributed by atoms with Crippen LogP contribution >= 0.6 is 0 Å². The Bertz CT molecular complexity index is 1030. The van der Waals surface area contributed by atoms with Crippen LogP contribution in [0.15, 0.2) is 91.0 Å². The Balaban J connectivity index is 1.50. The summed E-state index contributed by atoms with van der Waals surface area (Å²) in [6.45, 7) is 0.684. The number of hydrogen-bond donors (Lipinski definition) is 1. The van der Waals surface area contributed by atoms with Crippen LogP contribution in [0.4, 0.5) is 5.69 Å². The summed E-state index contributed by atoms with van der Waals surface area (Å²) in [7, 11) is 1.71. The molecule has 0 saturated carbocycles. The zero-order valence-electron chi connectivity index (χ0n) is 15.2. The lowest BCUT2D eigenvalue weighted by molar-refractivity contribution is 0.411. The van der Waals surface area contributed by atoms with Gasteiger partial charge in [-0.25, -0.2) is 0 Å². The van der Waals surface area contributed by atoms with Crippen molar-refractivity contribution in [2.75, 3.05) is 12.4 Å². The Morgan fingerprint density at radius 2 is 1.41 bits per heavy atom. The van der Waals surface area contributed by atoms with Crippen LogP contribution in [0.3, 0.4) is 0 Å².